The lowest BCUT2D eigenvalue weighted by molar-refractivity contribution is -0.138. The smallest absolute Gasteiger partial charge is 0.303 e. The maximum atomic E-state index is 11.5. The number of carbonyl (C=O) groups is 3. The van der Waals surface area contributed by atoms with E-state index in [-0.39, 0.29) is 29.3 Å². The van der Waals surface area contributed by atoms with E-state index in [1.165, 1.54) is 25.2 Å². The van der Waals surface area contributed by atoms with E-state index in [0.29, 0.717) is 5.69 Å². The van der Waals surface area contributed by atoms with Crippen LogP contribution in [0.1, 0.15) is 23.2 Å². The summed E-state index contributed by atoms with van der Waals surface area (Å²) in [5.41, 5.74) is 0.624. The molecule has 0 fully saturated rings. The fourth-order valence-corrected chi connectivity index (χ4v) is 1.56. The number of hydrogen-bond acceptors (Lipinski definition) is 3. The standard InChI is InChI=1S/C12H13ClN2O4/c1-14-12(19)8-6-7(2-3-9(8)13)15-10(16)4-5-11(17)18/h2-3,6H,4-5H2,1H3,(H,14,19)(H,15,16)(H,17,18). The molecule has 1 aromatic carbocycles. The van der Waals surface area contributed by atoms with Gasteiger partial charge in [0.1, 0.15) is 0 Å². The van der Waals surface area contributed by atoms with Crippen molar-refractivity contribution in [2.75, 3.05) is 12.4 Å². The summed E-state index contributed by atoms with van der Waals surface area (Å²) >= 11 is 5.86. The van der Waals surface area contributed by atoms with Crippen LogP contribution in [0.3, 0.4) is 0 Å². The van der Waals surface area contributed by atoms with Crippen LogP contribution >= 0.6 is 11.6 Å². The second-order valence-electron chi connectivity index (χ2n) is 3.72. The fraction of sp³-hybridized carbons (Fsp3) is 0.250. The number of hydrogen-bond donors (Lipinski definition) is 3. The topological polar surface area (TPSA) is 95.5 Å². The molecule has 0 bridgehead atoms. The van der Waals surface area contributed by atoms with E-state index in [2.05, 4.69) is 10.6 Å². The van der Waals surface area contributed by atoms with E-state index in [0.717, 1.165) is 0 Å². The molecule has 0 aliphatic rings. The van der Waals surface area contributed by atoms with Crippen LogP contribution < -0.4 is 10.6 Å². The van der Waals surface area contributed by atoms with Gasteiger partial charge in [-0.15, -0.1) is 0 Å². The average molecular weight is 285 g/mol. The van der Waals surface area contributed by atoms with Crippen molar-refractivity contribution in [1.29, 1.82) is 0 Å². The Hall–Kier alpha value is -2.08. The SMILES string of the molecule is CNC(=O)c1cc(NC(=O)CCC(=O)O)ccc1Cl. The monoisotopic (exact) mass is 284 g/mol. The van der Waals surface area contributed by atoms with Crippen LogP contribution in [0.15, 0.2) is 18.2 Å². The molecule has 1 aromatic rings. The van der Waals surface area contributed by atoms with Crippen LogP contribution in [0.4, 0.5) is 5.69 Å². The number of carboxylic acids is 1. The first-order valence-electron chi connectivity index (χ1n) is 5.47. The van der Waals surface area contributed by atoms with Crippen molar-refractivity contribution in [3.05, 3.63) is 28.8 Å². The molecule has 7 heteroatoms. The lowest BCUT2D eigenvalue weighted by Gasteiger charge is -2.08. The third-order valence-electron chi connectivity index (χ3n) is 2.29. The molecule has 0 saturated carbocycles. The lowest BCUT2D eigenvalue weighted by Crippen LogP contribution is -2.19. The summed E-state index contributed by atoms with van der Waals surface area (Å²) in [6.45, 7) is 0. The fourth-order valence-electron chi connectivity index (χ4n) is 1.36. The molecule has 3 N–H and O–H groups in total. The molecule has 102 valence electrons. The largest absolute Gasteiger partial charge is 0.481 e. The Morgan fingerprint density at radius 1 is 1.26 bits per heavy atom. The van der Waals surface area contributed by atoms with E-state index in [4.69, 9.17) is 16.7 Å². The van der Waals surface area contributed by atoms with Crippen LogP contribution in [0.2, 0.25) is 5.02 Å². The van der Waals surface area contributed by atoms with Gasteiger partial charge < -0.3 is 15.7 Å². The van der Waals surface area contributed by atoms with Gasteiger partial charge in [-0.05, 0) is 18.2 Å². The Bertz CT molecular complexity index is 516. The van der Waals surface area contributed by atoms with Gasteiger partial charge in [0, 0.05) is 19.2 Å². The molecule has 0 radical (unpaired) electrons. The molecule has 0 aliphatic carbocycles. The molecule has 1 rings (SSSR count). The number of rotatable bonds is 5. The lowest BCUT2D eigenvalue weighted by atomic mass is 10.2. The van der Waals surface area contributed by atoms with E-state index >= 15 is 0 Å². The third kappa shape index (κ3) is 4.59. The average Bonchev–Trinajstić information content (AvgIpc) is 2.37. The highest BCUT2D eigenvalue weighted by Crippen LogP contribution is 2.20. The zero-order valence-electron chi connectivity index (χ0n) is 10.2. The summed E-state index contributed by atoms with van der Waals surface area (Å²) in [5, 5.41) is 13.7. The van der Waals surface area contributed by atoms with Crippen molar-refractivity contribution < 1.29 is 19.5 Å². The number of halogens is 1. The first kappa shape index (κ1) is 15.0. The minimum atomic E-state index is -1.04. The van der Waals surface area contributed by atoms with Crippen molar-refractivity contribution in [3.63, 3.8) is 0 Å². The molecule has 0 unspecified atom stereocenters. The maximum Gasteiger partial charge on any atom is 0.303 e. The normalized spacial score (nSPS) is 9.79. The van der Waals surface area contributed by atoms with Gasteiger partial charge in [-0.2, -0.15) is 0 Å². The number of benzene rings is 1. The summed E-state index contributed by atoms with van der Waals surface area (Å²) in [4.78, 5) is 33.3. The Labute approximate surface area is 114 Å². The number of carbonyl (C=O) groups excluding carboxylic acids is 2. The minimum absolute atomic E-state index is 0.132. The molecule has 0 heterocycles. The number of nitrogens with one attached hydrogen (secondary N) is 2. The highest BCUT2D eigenvalue weighted by atomic mass is 35.5. The quantitative estimate of drug-likeness (QED) is 0.763. The van der Waals surface area contributed by atoms with Crippen LogP contribution in [-0.2, 0) is 9.59 Å². The Morgan fingerprint density at radius 3 is 2.53 bits per heavy atom. The third-order valence-corrected chi connectivity index (χ3v) is 2.62. The van der Waals surface area contributed by atoms with Crippen molar-refractivity contribution >= 4 is 35.1 Å². The van der Waals surface area contributed by atoms with Gasteiger partial charge in [0.15, 0.2) is 0 Å². The molecule has 6 nitrogen and oxygen atoms in total. The zero-order valence-corrected chi connectivity index (χ0v) is 11.0. The number of carboxylic acid groups (broad SMARTS) is 1. The number of anilines is 1. The molecule has 0 atom stereocenters. The van der Waals surface area contributed by atoms with Gasteiger partial charge in [-0.1, -0.05) is 11.6 Å². The van der Waals surface area contributed by atoms with Crippen LogP contribution in [0, 0.1) is 0 Å². The Morgan fingerprint density at radius 2 is 1.95 bits per heavy atom. The van der Waals surface area contributed by atoms with Gasteiger partial charge in [0.05, 0.1) is 17.0 Å². The first-order valence-corrected chi connectivity index (χ1v) is 5.85. The van der Waals surface area contributed by atoms with Gasteiger partial charge in [-0.3, -0.25) is 14.4 Å². The van der Waals surface area contributed by atoms with Crippen LogP contribution in [0.25, 0.3) is 0 Å². The van der Waals surface area contributed by atoms with Crippen molar-refractivity contribution in [1.82, 2.24) is 5.32 Å². The predicted octanol–water partition coefficient (Wildman–Crippen LogP) is 1.50. The number of amides is 2. The van der Waals surface area contributed by atoms with Crippen LogP contribution in [0.5, 0.6) is 0 Å². The summed E-state index contributed by atoms with van der Waals surface area (Å²) in [5.74, 6) is -1.85. The van der Waals surface area contributed by atoms with Gasteiger partial charge >= 0.3 is 5.97 Å². The summed E-state index contributed by atoms with van der Waals surface area (Å²) < 4.78 is 0. The number of aliphatic carboxylic acids is 1. The molecule has 0 spiro atoms. The maximum absolute atomic E-state index is 11.5. The Balaban J connectivity index is 2.77. The van der Waals surface area contributed by atoms with Gasteiger partial charge in [0.25, 0.3) is 5.91 Å². The second-order valence-corrected chi connectivity index (χ2v) is 4.12. The van der Waals surface area contributed by atoms with Gasteiger partial charge in [0.2, 0.25) is 5.91 Å². The molecule has 2 amide bonds. The molecule has 0 aliphatic heterocycles. The summed E-state index contributed by atoms with van der Waals surface area (Å²) in [6.07, 6.45) is -0.380. The van der Waals surface area contributed by atoms with E-state index in [9.17, 15) is 14.4 Å². The van der Waals surface area contributed by atoms with Crippen LogP contribution in [-0.4, -0.2) is 29.9 Å². The second kappa shape index (κ2) is 6.75. The molecular formula is C12H13ClN2O4. The summed E-state index contributed by atoms with van der Waals surface area (Å²) in [6, 6.07) is 4.45. The molecular weight excluding hydrogens is 272 g/mol. The van der Waals surface area contributed by atoms with Crippen molar-refractivity contribution in [2.24, 2.45) is 0 Å². The van der Waals surface area contributed by atoms with E-state index in [1.54, 1.807) is 0 Å². The predicted molar refractivity (Wildman–Crippen MR) is 70.3 cm³/mol. The highest BCUT2D eigenvalue weighted by Gasteiger charge is 2.11. The van der Waals surface area contributed by atoms with Gasteiger partial charge in [-0.25, -0.2) is 0 Å². The first-order chi connectivity index (χ1) is 8.93. The van der Waals surface area contributed by atoms with Crippen molar-refractivity contribution in [2.45, 2.75) is 12.8 Å². The van der Waals surface area contributed by atoms with E-state index in [1.807, 2.05) is 0 Å². The van der Waals surface area contributed by atoms with Crippen molar-refractivity contribution in [3.8, 4) is 0 Å². The zero-order chi connectivity index (χ0) is 14.4. The Kier molecular flexibility index (Phi) is 5.32. The molecule has 0 saturated heterocycles. The highest BCUT2D eigenvalue weighted by molar-refractivity contribution is 6.34. The molecule has 19 heavy (non-hydrogen) atoms. The summed E-state index contributed by atoms with van der Waals surface area (Å²) in [7, 11) is 1.47. The van der Waals surface area contributed by atoms with E-state index < -0.39 is 11.9 Å². The minimum Gasteiger partial charge on any atom is -0.481 e. The molecule has 0 aromatic heterocycles.